The van der Waals surface area contributed by atoms with Crippen LogP contribution in [0.4, 0.5) is 0 Å². The summed E-state index contributed by atoms with van der Waals surface area (Å²) in [7, 11) is 0.0978. The zero-order valence-corrected chi connectivity index (χ0v) is 25.7. The van der Waals surface area contributed by atoms with E-state index in [4.69, 9.17) is 9.41 Å². The molecule has 3 aliphatic rings. The fourth-order valence-corrected chi connectivity index (χ4v) is 7.77. The standard InChI is InChI=1S/C28H41BrN4O3Si/c1-28(2,3)37(5,6)36-21-11-9-20(10-12-21)33-14-13-32(17-24(33)34)27(35)26-30-23-16-19(18-7-8-18)15-22(29)25(23)31(26)4/h15-16,18,20-21H,7-14,17H2,1-6H3. The minimum absolute atomic E-state index is 0.0457. The molecule has 0 unspecified atom stereocenters. The monoisotopic (exact) mass is 588 g/mol. The molecule has 2 aliphatic carbocycles. The maximum Gasteiger partial charge on any atom is 0.290 e. The first-order chi connectivity index (χ1) is 17.4. The van der Waals surface area contributed by atoms with Gasteiger partial charge in [0, 0.05) is 36.8 Å². The van der Waals surface area contributed by atoms with Crippen LogP contribution in [0.2, 0.25) is 18.1 Å². The van der Waals surface area contributed by atoms with Crippen LogP contribution in [0.15, 0.2) is 16.6 Å². The number of halogens is 1. The molecule has 1 aromatic carbocycles. The predicted octanol–water partition coefficient (Wildman–Crippen LogP) is 5.83. The number of nitrogens with zero attached hydrogens (tertiary/aromatic N) is 4. The molecule has 0 bridgehead atoms. The number of piperazine rings is 1. The molecule has 5 rings (SSSR count). The second-order valence-electron chi connectivity index (χ2n) is 12.8. The number of imidazole rings is 1. The average molecular weight is 590 g/mol. The largest absolute Gasteiger partial charge is 0.414 e. The Hall–Kier alpha value is -1.71. The zero-order chi connectivity index (χ0) is 26.7. The van der Waals surface area contributed by atoms with Crippen molar-refractivity contribution in [1.82, 2.24) is 19.4 Å². The van der Waals surface area contributed by atoms with Crippen LogP contribution in [0.25, 0.3) is 11.0 Å². The van der Waals surface area contributed by atoms with Crippen LogP contribution in [-0.2, 0) is 16.3 Å². The summed E-state index contributed by atoms with van der Waals surface area (Å²) >= 11 is 3.69. The zero-order valence-electron chi connectivity index (χ0n) is 23.1. The van der Waals surface area contributed by atoms with Crippen LogP contribution in [0.1, 0.15) is 81.4 Å². The van der Waals surface area contributed by atoms with Gasteiger partial charge in [-0.05, 0) is 96.2 Å². The lowest BCUT2D eigenvalue weighted by molar-refractivity contribution is -0.138. The topological polar surface area (TPSA) is 67.7 Å². The third-order valence-electron chi connectivity index (χ3n) is 9.08. The fourth-order valence-electron chi connectivity index (χ4n) is 5.62. The van der Waals surface area contributed by atoms with Gasteiger partial charge in [-0.15, -0.1) is 0 Å². The molecule has 0 radical (unpaired) electrons. The number of amides is 2. The maximum absolute atomic E-state index is 13.5. The number of hydrogen-bond acceptors (Lipinski definition) is 4. The summed E-state index contributed by atoms with van der Waals surface area (Å²) < 4.78 is 9.47. The lowest BCUT2D eigenvalue weighted by atomic mass is 9.91. The van der Waals surface area contributed by atoms with Crippen LogP contribution >= 0.6 is 15.9 Å². The van der Waals surface area contributed by atoms with E-state index < -0.39 is 8.32 Å². The summed E-state index contributed by atoms with van der Waals surface area (Å²) in [6.45, 7) is 12.7. The molecular formula is C28H41BrN4O3Si. The van der Waals surface area contributed by atoms with E-state index in [2.05, 4.69) is 61.9 Å². The smallest absolute Gasteiger partial charge is 0.290 e. The first-order valence-corrected chi connectivity index (χ1v) is 17.5. The molecule has 1 aliphatic heterocycles. The average Bonchev–Trinajstić information content (AvgIpc) is 3.62. The van der Waals surface area contributed by atoms with E-state index in [1.165, 1.54) is 18.4 Å². The molecule has 9 heteroatoms. The van der Waals surface area contributed by atoms with Crippen molar-refractivity contribution in [2.45, 2.75) is 95.5 Å². The van der Waals surface area contributed by atoms with Gasteiger partial charge in [-0.3, -0.25) is 9.59 Å². The number of carbonyl (C=O) groups is 2. The van der Waals surface area contributed by atoms with Crippen molar-refractivity contribution < 1.29 is 14.0 Å². The van der Waals surface area contributed by atoms with E-state index in [9.17, 15) is 9.59 Å². The molecule has 0 atom stereocenters. The quantitative estimate of drug-likeness (QED) is 0.412. The van der Waals surface area contributed by atoms with Crippen molar-refractivity contribution in [2.24, 2.45) is 7.05 Å². The number of rotatable bonds is 5. The van der Waals surface area contributed by atoms with Crippen molar-refractivity contribution in [3.8, 4) is 0 Å². The molecule has 0 spiro atoms. The Morgan fingerprint density at radius 3 is 2.35 bits per heavy atom. The Morgan fingerprint density at radius 2 is 1.76 bits per heavy atom. The van der Waals surface area contributed by atoms with E-state index >= 15 is 0 Å². The predicted molar refractivity (Wildman–Crippen MR) is 152 cm³/mol. The van der Waals surface area contributed by atoms with Gasteiger partial charge in [0.2, 0.25) is 5.91 Å². The van der Waals surface area contributed by atoms with Crippen molar-refractivity contribution in [3.05, 3.63) is 28.0 Å². The minimum Gasteiger partial charge on any atom is -0.414 e. The number of fused-ring (bicyclic) bond motifs is 1. The van der Waals surface area contributed by atoms with Gasteiger partial charge in [0.15, 0.2) is 14.1 Å². The molecule has 2 amide bonds. The maximum atomic E-state index is 13.5. The fraction of sp³-hybridized carbons (Fsp3) is 0.679. The first-order valence-electron chi connectivity index (χ1n) is 13.8. The second kappa shape index (κ2) is 9.79. The third-order valence-corrected chi connectivity index (χ3v) is 14.2. The highest BCUT2D eigenvalue weighted by molar-refractivity contribution is 9.10. The Morgan fingerprint density at radius 1 is 1.08 bits per heavy atom. The van der Waals surface area contributed by atoms with Gasteiger partial charge < -0.3 is 18.8 Å². The van der Waals surface area contributed by atoms with E-state index in [0.29, 0.717) is 30.9 Å². The van der Waals surface area contributed by atoms with Gasteiger partial charge in [0.25, 0.3) is 5.91 Å². The summed E-state index contributed by atoms with van der Waals surface area (Å²) in [4.78, 5) is 35.1. The Kier molecular flexibility index (Phi) is 7.11. The van der Waals surface area contributed by atoms with Gasteiger partial charge in [-0.1, -0.05) is 20.8 Å². The summed E-state index contributed by atoms with van der Waals surface area (Å²) in [5.74, 6) is 0.886. The van der Waals surface area contributed by atoms with E-state index in [-0.39, 0.29) is 29.4 Å². The van der Waals surface area contributed by atoms with Gasteiger partial charge in [0.1, 0.15) is 6.54 Å². The van der Waals surface area contributed by atoms with Crippen LogP contribution in [-0.4, -0.2) is 71.3 Å². The molecule has 202 valence electrons. The van der Waals surface area contributed by atoms with Crippen molar-refractivity contribution in [2.75, 3.05) is 19.6 Å². The number of aromatic nitrogens is 2. The highest BCUT2D eigenvalue weighted by Crippen LogP contribution is 2.43. The van der Waals surface area contributed by atoms with Gasteiger partial charge >= 0.3 is 0 Å². The number of hydrogen-bond donors (Lipinski definition) is 0. The van der Waals surface area contributed by atoms with Crippen LogP contribution in [0.5, 0.6) is 0 Å². The molecule has 1 aromatic heterocycles. The van der Waals surface area contributed by atoms with Crippen molar-refractivity contribution in [3.63, 3.8) is 0 Å². The van der Waals surface area contributed by atoms with Crippen molar-refractivity contribution in [1.29, 1.82) is 0 Å². The molecule has 3 fully saturated rings. The molecule has 2 heterocycles. The first kappa shape index (κ1) is 26.9. The molecule has 2 saturated carbocycles. The molecule has 37 heavy (non-hydrogen) atoms. The SMILES string of the molecule is Cn1c(C(=O)N2CCN(C3CCC(O[Si](C)(C)C(C)(C)C)CC3)C(=O)C2)nc2cc(C3CC3)cc(Br)c21. The summed E-state index contributed by atoms with van der Waals surface area (Å²) in [5.41, 5.74) is 3.04. The number of benzene rings is 1. The van der Waals surface area contributed by atoms with Crippen LogP contribution in [0.3, 0.4) is 0 Å². The summed E-state index contributed by atoms with van der Waals surface area (Å²) in [6, 6.07) is 4.52. The van der Waals surface area contributed by atoms with Crippen molar-refractivity contribution >= 4 is 47.1 Å². The Balaban J connectivity index is 1.21. The Labute approximate surface area is 230 Å². The van der Waals surface area contributed by atoms with Crippen LogP contribution < -0.4 is 0 Å². The number of carbonyl (C=O) groups excluding carboxylic acids is 2. The van der Waals surface area contributed by atoms with Gasteiger partial charge in [-0.25, -0.2) is 4.98 Å². The highest BCUT2D eigenvalue weighted by atomic mass is 79.9. The minimum atomic E-state index is -1.78. The molecule has 1 saturated heterocycles. The summed E-state index contributed by atoms with van der Waals surface area (Å²) in [5, 5.41) is 0.206. The number of aryl methyl sites for hydroxylation is 1. The highest BCUT2D eigenvalue weighted by Gasteiger charge is 2.41. The lowest BCUT2D eigenvalue weighted by Crippen LogP contribution is -2.56. The van der Waals surface area contributed by atoms with E-state index in [0.717, 1.165) is 41.2 Å². The Bertz CT molecular complexity index is 1210. The summed E-state index contributed by atoms with van der Waals surface area (Å²) in [6.07, 6.45) is 6.68. The second-order valence-corrected chi connectivity index (χ2v) is 18.4. The van der Waals surface area contributed by atoms with E-state index in [1.54, 1.807) is 4.90 Å². The molecule has 0 N–H and O–H groups in total. The van der Waals surface area contributed by atoms with Crippen LogP contribution in [0, 0.1) is 0 Å². The molecule has 2 aromatic rings. The third kappa shape index (κ3) is 5.28. The molecule has 7 nitrogen and oxygen atoms in total. The van der Waals surface area contributed by atoms with Gasteiger partial charge in [0.05, 0.1) is 11.0 Å². The van der Waals surface area contributed by atoms with E-state index in [1.807, 2.05) is 16.5 Å². The normalized spacial score (nSPS) is 23.7. The lowest BCUT2D eigenvalue weighted by Gasteiger charge is -2.44. The molecular weight excluding hydrogens is 548 g/mol. The van der Waals surface area contributed by atoms with Gasteiger partial charge in [-0.2, -0.15) is 0 Å².